The molecular formula is C19H12N4O. The predicted octanol–water partition coefficient (Wildman–Crippen LogP) is 4.27. The molecule has 4 aromatic heterocycles. The molecule has 0 saturated carbocycles. The molecule has 0 spiro atoms. The molecule has 6 rings (SSSR count). The number of fused-ring (bicyclic) bond motifs is 9. The van der Waals surface area contributed by atoms with Crippen molar-refractivity contribution in [3.8, 4) is 0 Å². The van der Waals surface area contributed by atoms with Crippen LogP contribution < -0.4 is 0 Å². The number of aromatic nitrogens is 4. The van der Waals surface area contributed by atoms with Crippen LogP contribution in [0.15, 0.2) is 59.1 Å². The summed E-state index contributed by atoms with van der Waals surface area (Å²) in [6, 6.07) is 16.3. The molecule has 0 N–H and O–H groups in total. The van der Waals surface area contributed by atoms with Gasteiger partial charge in [-0.25, -0.2) is 4.98 Å². The number of benzene rings is 2. The van der Waals surface area contributed by atoms with Crippen LogP contribution in [0.25, 0.3) is 49.9 Å². The van der Waals surface area contributed by atoms with Crippen molar-refractivity contribution in [2.45, 2.75) is 0 Å². The zero-order chi connectivity index (χ0) is 15.8. The Morgan fingerprint density at radius 2 is 1.71 bits per heavy atom. The van der Waals surface area contributed by atoms with Gasteiger partial charge in [-0.1, -0.05) is 30.3 Å². The van der Waals surface area contributed by atoms with Gasteiger partial charge in [0.15, 0.2) is 11.2 Å². The molecule has 114 valence electrons. The van der Waals surface area contributed by atoms with E-state index >= 15 is 0 Å². The molecule has 0 saturated heterocycles. The zero-order valence-electron chi connectivity index (χ0n) is 12.9. The summed E-state index contributed by atoms with van der Waals surface area (Å²) in [5.74, 6) is 0.867. The Hall–Kier alpha value is -3.34. The van der Waals surface area contributed by atoms with E-state index in [1.165, 1.54) is 0 Å². The van der Waals surface area contributed by atoms with Crippen molar-refractivity contribution in [2.75, 3.05) is 0 Å². The van der Waals surface area contributed by atoms with Crippen LogP contribution in [0.1, 0.15) is 0 Å². The van der Waals surface area contributed by atoms with Gasteiger partial charge >= 0.3 is 0 Å². The van der Waals surface area contributed by atoms with Crippen molar-refractivity contribution in [1.82, 2.24) is 18.9 Å². The Labute approximate surface area is 135 Å². The van der Waals surface area contributed by atoms with E-state index in [-0.39, 0.29) is 0 Å². The maximum absolute atomic E-state index is 6.18. The van der Waals surface area contributed by atoms with Gasteiger partial charge in [-0.2, -0.15) is 4.98 Å². The molecule has 0 aliphatic carbocycles. The van der Waals surface area contributed by atoms with E-state index in [0.29, 0.717) is 5.65 Å². The highest BCUT2D eigenvalue weighted by atomic mass is 16.3. The van der Waals surface area contributed by atoms with E-state index in [2.05, 4.69) is 32.2 Å². The van der Waals surface area contributed by atoms with Crippen LogP contribution in [-0.2, 0) is 7.05 Å². The largest absolute Gasteiger partial charge is 0.454 e. The van der Waals surface area contributed by atoms with Crippen molar-refractivity contribution in [1.29, 1.82) is 0 Å². The van der Waals surface area contributed by atoms with Gasteiger partial charge < -0.3 is 8.98 Å². The molecule has 0 aliphatic heterocycles. The van der Waals surface area contributed by atoms with E-state index in [4.69, 9.17) is 9.40 Å². The molecule has 24 heavy (non-hydrogen) atoms. The molecule has 6 aromatic rings. The first-order valence-corrected chi connectivity index (χ1v) is 7.85. The number of para-hydroxylation sites is 3. The molecule has 0 bridgehead atoms. The number of imidazole rings is 2. The average molecular weight is 312 g/mol. The molecule has 0 amide bonds. The molecule has 0 aliphatic rings. The van der Waals surface area contributed by atoms with Gasteiger partial charge in [0.2, 0.25) is 5.78 Å². The third kappa shape index (κ3) is 1.27. The molecule has 0 radical (unpaired) electrons. The Balaban J connectivity index is 1.98. The molecule has 5 nitrogen and oxygen atoms in total. The number of rotatable bonds is 0. The molecule has 4 heterocycles. The fourth-order valence-electron chi connectivity index (χ4n) is 3.68. The quantitative estimate of drug-likeness (QED) is 0.421. The monoisotopic (exact) mass is 312 g/mol. The third-order valence-electron chi connectivity index (χ3n) is 4.79. The Kier molecular flexibility index (Phi) is 1.99. The van der Waals surface area contributed by atoms with Gasteiger partial charge in [0.05, 0.1) is 11.0 Å². The molecule has 0 atom stereocenters. The summed E-state index contributed by atoms with van der Waals surface area (Å²) in [5, 5.41) is 2.10. The van der Waals surface area contributed by atoms with Crippen LogP contribution in [0.4, 0.5) is 0 Å². The standard InChI is InChI=1S/C19H12N4O/c1-22-13-7-3-4-8-14(13)23-16-17-12(10-20-18(16)21-19(22)23)11-6-2-5-9-15(11)24-17/h2-10H,1H3. The van der Waals surface area contributed by atoms with Crippen molar-refractivity contribution >= 4 is 49.9 Å². The topological polar surface area (TPSA) is 48.3 Å². The second-order valence-electron chi connectivity index (χ2n) is 6.07. The minimum absolute atomic E-state index is 0.706. The second kappa shape index (κ2) is 3.94. The van der Waals surface area contributed by atoms with Crippen LogP contribution in [0.5, 0.6) is 0 Å². The fourth-order valence-corrected chi connectivity index (χ4v) is 3.68. The van der Waals surface area contributed by atoms with E-state index in [1.54, 1.807) is 0 Å². The number of nitrogens with zero attached hydrogens (tertiary/aromatic N) is 4. The van der Waals surface area contributed by atoms with Crippen molar-refractivity contribution < 1.29 is 4.42 Å². The van der Waals surface area contributed by atoms with E-state index in [9.17, 15) is 0 Å². The van der Waals surface area contributed by atoms with Gasteiger partial charge in [-0.3, -0.25) is 4.40 Å². The Bertz CT molecular complexity index is 1420. The highest BCUT2D eigenvalue weighted by molar-refractivity contribution is 6.13. The Morgan fingerprint density at radius 3 is 2.62 bits per heavy atom. The average Bonchev–Trinajstić information content (AvgIpc) is 3.25. The smallest absolute Gasteiger partial charge is 0.217 e. The molecular weight excluding hydrogens is 300 g/mol. The fraction of sp³-hybridized carbons (Fsp3) is 0.0526. The SMILES string of the molecule is Cn1c2ccccc2n2c3c(ncc4c5ccccc5oc43)nc12. The van der Waals surface area contributed by atoms with Gasteiger partial charge in [0, 0.05) is 24.0 Å². The minimum Gasteiger partial charge on any atom is -0.454 e. The van der Waals surface area contributed by atoms with Crippen molar-refractivity contribution in [3.05, 3.63) is 54.7 Å². The first kappa shape index (κ1) is 12.1. The number of hydrogen-bond acceptors (Lipinski definition) is 3. The molecule has 0 fully saturated rings. The van der Waals surface area contributed by atoms with Crippen LogP contribution in [0, 0.1) is 0 Å². The van der Waals surface area contributed by atoms with E-state index < -0.39 is 0 Å². The van der Waals surface area contributed by atoms with Crippen LogP contribution in [-0.4, -0.2) is 18.9 Å². The first-order chi connectivity index (χ1) is 11.8. The van der Waals surface area contributed by atoms with Crippen molar-refractivity contribution in [2.24, 2.45) is 7.05 Å². The third-order valence-corrected chi connectivity index (χ3v) is 4.79. The number of aryl methyl sites for hydroxylation is 1. The van der Waals surface area contributed by atoms with Gasteiger partial charge in [-0.05, 0) is 18.2 Å². The van der Waals surface area contributed by atoms with E-state index in [1.807, 2.05) is 43.6 Å². The summed E-state index contributed by atoms with van der Waals surface area (Å²) in [5.41, 5.74) is 5.58. The summed E-state index contributed by atoms with van der Waals surface area (Å²) in [4.78, 5) is 9.31. The first-order valence-electron chi connectivity index (χ1n) is 7.85. The number of hydrogen-bond donors (Lipinski definition) is 0. The lowest BCUT2D eigenvalue weighted by Crippen LogP contribution is -1.87. The van der Waals surface area contributed by atoms with Gasteiger partial charge in [0.25, 0.3) is 0 Å². The lowest BCUT2D eigenvalue weighted by Gasteiger charge is -1.95. The lowest BCUT2D eigenvalue weighted by atomic mass is 10.2. The normalized spacial score (nSPS) is 12.4. The van der Waals surface area contributed by atoms with Crippen LogP contribution in [0.2, 0.25) is 0 Å². The van der Waals surface area contributed by atoms with Gasteiger partial charge in [-0.15, -0.1) is 0 Å². The highest BCUT2D eigenvalue weighted by Crippen LogP contribution is 2.34. The summed E-state index contributed by atoms with van der Waals surface area (Å²) in [6.07, 6.45) is 1.86. The Morgan fingerprint density at radius 1 is 0.917 bits per heavy atom. The van der Waals surface area contributed by atoms with Crippen molar-refractivity contribution in [3.63, 3.8) is 0 Å². The van der Waals surface area contributed by atoms with Crippen LogP contribution in [0.3, 0.4) is 0 Å². The minimum atomic E-state index is 0.706. The predicted molar refractivity (Wildman–Crippen MR) is 94.2 cm³/mol. The number of pyridine rings is 1. The molecule has 5 heteroatoms. The highest BCUT2D eigenvalue weighted by Gasteiger charge is 2.19. The summed E-state index contributed by atoms with van der Waals surface area (Å²) < 4.78 is 10.4. The maximum Gasteiger partial charge on any atom is 0.217 e. The van der Waals surface area contributed by atoms with Gasteiger partial charge in [0.1, 0.15) is 11.1 Å². The lowest BCUT2D eigenvalue weighted by molar-refractivity contribution is 0.671. The number of furan rings is 1. The molecule has 0 unspecified atom stereocenters. The maximum atomic E-state index is 6.18. The summed E-state index contributed by atoms with van der Waals surface area (Å²) in [7, 11) is 2.03. The molecule has 2 aromatic carbocycles. The van der Waals surface area contributed by atoms with E-state index in [0.717, 1.165) is 44.3 Å². The summed E-state index contributed by atoms with van der Waals surface area (Å²) in [6.45, 7) is 0. The zero-order valence-corrected chi connectivity index (χ0v) is 12.9. The van der Waals surface area contributed by atoms with Crippen LogP contribution >= 0.6 is 0 Å². The summed E-state index contributed by atoms with van der Waals surface area (Å²) >= 11 is 0. The second-order valence-corrected chi connectivity index (χ2v) is 6.07.